The van der Waals surface area contributed by atoms with Crippen LogP contribution in [0.15, 0.2) is 29.8 Å². The second-order valence-electron chi connectivity index (χ2n) is 7.47. The van der Waals surface area contributed by atoms with Gasteiger partial charge in [0.25, 0.3) is 0 Å². The second kappa shape index (κ2) is 5.49. The number of hydrogen-bond acceptors (Lipinski definition) is 0. The lowest BCUT2D eigenvalue weighted by Crippen LogP contribution is -2.05. The highest BCUT2D eigenvalue weighted by Gasteiger charge is 2.28. The summed E-state index contributed by atoms with van der Waals surface area (Å²) in [6, 6.07) is 9.63. The van der Waals surface area contributed by atoms with Crippen molar-refractivity contribution in [2.24, 2.45) is 0 Å². The van der Waals surface area contributed by atoms with Crippen molar-refractivity contribution < 1.29 is 0 Å². The molecule has 0 bridgehead atoms. The van der Waals surface area contributed by atoms with Crippen LogP contribution < -0.4 is 0 Å². The largest absolute Gasteiger partial charge is 0.0740 e. The summed E-state index contributed by atoms with van der Waals surface area (Å²) >= 11 is 0. The Hall–Kier alpha value is -1.60. The molecule has 0 nitrogen and oxygen atoms in total. The van der Waals surface area contributed by atoms with E-state index in [4.69, 9.17) is 0 Å². The Bertz CT molecular complexity index is 806. The Kier molecular flexibility index (Phi) is 3.57. The number of hydrogen-bond donors (Lipinski definition) is 0. The molecule has 2 aromatic carbocycles. The molecule has 1 unspecified atom stereocenters. The molecule has 2 aromatic rings. The van der Waals surface area contributed by atoms with Crippen LogP contribution in [0.2, 0.25) is 6.55 Å². The first-order valence-electron chi connectivity index (χ1n) is 9.04. The molecule has 0 aromatic heterocycles. The van der Waals surface area contributed by atoms with E-state index in [2.05, 4.69) is 57.7 Å². The highest BCUT2D eigenvalue weighted by atomic mass is 28.2. The van der Waals surface area contributed by atoms with E-state index in [0.717, 1.165) is 5.54 Å². The Balaban J connectivity index is 2.03. The maximum Gasteiger partial charge on any atom is 0.0308 e. The van der Waals surface area contributed by atoms with Crippen molar-refractivity contribution in [3.8, 4) is 11.1 Å². The summed E-state index contributed by atoms with van der Waals surface area (Å²) in [6.45, 7) is 9.25. The molecule has 0 saturated carbocycles. The minimum absolute atomic E-state index is 0.0610. The van der Waals surface area contributed by atoms with Gasteiger partial charge in [-0.25, -0.2) is 0 Å². The third kappa shape index (κ3) is 2.33. The zero-order chi connectivity index (χ0) is 16.1. The van der Waals surface area contributed by atoms with E-state index in [0.29, 0.717) is 0 Å². The van der Waals surface area contributed by atoms with Gasteiger partial charge in [-0.05, 0) is 79.0 Å². The van der Waals surface area contributed by atoms with Crippen LogP contribution in [0.4, 0.5) is 0 Å². The van der Waals surface area contributed by atoms with Gasteiger partial charge in [0.1, 0.15) is 0 Å². The van der Waals surface area contributed by atoms with Gasteiger partial charge in [-0.15, -0.1) is 0 Å². The van der Waals surface area contributed by atoms with Gasteiger partial charge in [0, 0.05) is 9.52 Å². The van der Waals surface area contributed by atoms with E-state index < -0.39 is 0 Å². The van der Waals surface area contributed by atoms with Crippen LogP contribution in [0, 0.1) is 13.8 Å². The number of benzene rings is 2. The first-order chi connectivity index (χ1) is 11.1. The molecular weight excluding hydrogens is 292 g/mol. The van der Waals surface area contributed by atoms with Crippen LogP contribution in [0.3, 0.4) is 0 Å². The molecule has 0 spiro atoms. The summed E-state index contributed by atoms with van der Waals surface area (Å²) in [5.74, 6) is 0. The number of fused-ring (bicyclic) bond motifs is 2. The average Bonchev–Trinajstić information content (AvgIpc) is 3.06. The molecule has 23 heavy (non-hydrogen) atoms. The molecule has 118 valence electrons. The molecule has 4 rings (SSSR count). The second-order valence-corrected chi connectivity index (χ2v) is 9.10. The Morgan fingerprint density at radius 1 is 0.957 bits per heavy atom. The van der Waals surface area contributed by atoms with Crippen LogP contribution in [0.1, 0.15) is 52.3 Å². The van der Waals surface area contributed by atoms with Crippen molar-refractivity contribution in [1.82, 2.24) is 0 Å². The molecule has 0 N–H and O–H groups in total. The minimum atomic E-state index is -0.0610. The standard InChI is InChI=1S/C22H26Si/c1-13-8-14(2)10-17(9-13)21-18-7-5-6-16(18)12-20-19(21)11-15(3)22(20)23-4/h8-12,22H,5-7,23H2,1-4H3. The fraction of sp³-hybridized carbons (Fsp3) is 0.364. The normalized spacial score (nSPS) is 19.3. The van der Waals surface area contributed by atoms with Gasteiger partial charge < -0.3 is 0 Å². The topological polar surface area (TPSA) is 0 Å². The fourth-order valence-electron chi connectivity index (χ4n) is 4.79. The predicted octanol–water partition coefficient (Wildman–Crippen LogP) is 5.13. The number of allylic oxidation sites excluding steroid dienone is 1. The van der Waals surface area contributed by atoms with Crippen LogP contribution in [-0.4, -0.2) is 9.52 Å². The summed E-state index contributed by atoms with van der Waals surface area (Å²) in [7, 11) is -0.0610. The van der Waals surface area contributed by atoms with E-state index >= 15 is 0 Å². The van der Waals surface area contributed by atoms with E-state index in [1.54, 1.807) is 33.4 Å². The highest BCUT2D eigenvalue weighted by Crippen LogP contribution is 2.45. The SMILES string of the molecule is C[SiH2]C1C(C)=Cc2c1cc1c(c2-c2cc(C)cc(C)c2)CCC1. The minimum Gasteiger partial charge on any atom is -0.0740 e. The van der Waals surface area contributed by atoms with E-state index in [-0.39, 0.29) is 9.52 Å². The molecule has 0 saturated heterocycles. The summed E-state index contributed by atoms with van der Waals surface area (Å²) in [4.78, 5) is 0. The van der Waals surface area contributed by atoms with Crippen LogP contribution in [0.25, 0.3) is 17.2 Å². The first-order valence-corrected chi connectivity index (χ1v) is 11.3. The molecule has 0 heterocycles. The molecule has 0 aliphatic heterocycles. The van der Waals surface area contributed by atoms with E-state index in [9.17, 15) is 0 Å². The third-order valence-electron chi connectivity index (χ3n) is 5.69. The molecule has 1 heteroatoms. The average molecular weight is 319 g/mol. The van der Waals surface area contributed by atoms with Crippen molar-refractivity contribution in [3.63, 3.8) is 0 Å². The van der Waals surface area contributed by atoms with Crippen LogP contribution in [0.5, 0.6) is 0 Å². The first kappa shape index (κ1) is 15.0. The van der Waals surface area contributed by atoms with Gasteiger partial charge >= 0.3 is 0 Å². The smallest absolute Gasteiger partial charge is 0.0308 e. The predicted molar refractivity (Wildman–Crippen MR) is 104 cm³/mol. The molecular formula is C22H26Si. The monoisotopic (exact) mass is 318 g/mol. The van der Waals surface area contributed by atoms with Crippen molar-refractivity contribution in [2.75, 3.05) is 0 Å². The van der Waals surface area contributed by atoms with Gasteiger partial charge in [0.15, 0.2) is 0 Å². The molecule has 0 fully saturated rings. The zero-order valence-corrected chi connectivity index (χ0v) is 16.2. The summed E-state index contributed by atoms with van der Waals surface area (Å²) in [6.07, 6.45) is 6.36. The summed E-state index contributed by atoms with van der Waals surface area (Å²) in [5.41, 5.74) is 14.6. The van der Waals surface area contributed by atoms with Crippen LogP contribution in [-0.2, 0) is 12.8 Å². The third-order valence-corrected chi connectivity index (χ3v) is 7.59. The van der Waals surface area contributed by atoms with Gasteiger partial charge in [0.2, 0.25) is 0 Å². The maximum absolute atomic E-state index is 2.57. The quantitative estimate of drug-likeness (QED) is 0.673. The van der Waals surface area contributed by atoms with Crippen molar-refractivity contribution in [1.29, 1.82) is 0 Å². The highest BCUT2D eigenvalue weighted by molar-refractivity contribution is 6.38. The zero-order valence-electron chi connectivity index (χ0n) is 14.8. The van der Waals surface area contributed by atoms with E-state index in [1.165, 1.54) is 36.0 Å². The van der Waals surface area contributed by atoms with Gasteiger partial charge in [-0.2, -0.15) is 0 Å². The van der Waals surface area contributed by atoms with Gasteiger partial charge in [-0.1, -0.05) is 53.6 Å². The molecule has 0 radical (unpaired) electrons. The lowest BCUT2D eigenvalue weighted by atomic mass is 9.88. The fourth-order valence-corrected chi connectivity index (χ4v) is 6.33. The Morgan fingerprint density at radius 2 is 1.70 bits per heavy atom. The lowest BCUT2D eigenvalue weighted by Gasteiger charge is -2.18. The molecule has 2 aliphatic rings. The van der Waals surface area contributed by atoms with Crippen molar-refractivity contribution in [3.05, 3.63) is 63.2 Å². The lowest BCUT2D eigenvalue weighted by molar-refractivity contribution is 0.911. The Labute approximate surface area is 142 Å². The molecule has 2 aliphatic carbocycles. The maximum atomic E-state index is 2.57. The summed E-state index contributed by atoms with van der Waals surface area (Å²) < 4.78 is 0. The molecule has 0 amide bonds. The number of aryl methyl sites for hydroxylation is 3. The van der Waals surface area contributed by atoms with Gasteiger partial charge in [-0.3, -0.25) is 0 Å². The van der Waals surface area contributed by atoms with Gasteiger partial charge in [0.05, 0.1) is 0 Å². The summed E-state index contributed by atoms with van der Waals surface area (Å²) in [5, 5.41) is 0. The number of rotatable bonds is 2. The van der Waals surface area contributed by atoms with Crippen LogP contribution >= 0.6 is 0 Å². The van der Waals surface area contributed by atoms with Crippen molar-refractivity contribution >= 4 is 15.6 Å². The molecule has 1 atom stereocenters. The van der Waals surface area contributed by atoms with E-state index in [1.807, 2.05) is 0 Å². The van der Waals surface area contributed by atoms with Crippen molar-refractivity contribution in [2.45, 2.75) is 52.1 Å². The Morgan fingerprint density at radius 3 is 2.39 bits per heavy atom.